The highest BCUT2D eigenvalue weighted by atomic mass is 15.2. The number of nitrogens with two attached hydrogens (primary N) is 1. The minimum absolute atomic E-state index is 0.347. The zero-order valence-corrected chi connectivity index (χ0v) is 8.97. The van der Waals surface area contributed by atoms with Crippen molar-refractivity contribution in [2.24, 2.45) is 5.73 Å². The molecule has 1 aliphatic heterocycles. The second-order valence-corrected chi connectivity index (χ2v) is 4.31. The van der Waals surface area contributed by atoms with Crippen molar-refractivity contribution >= 4 is 0 Å². The second-order valence-electron chi connectivity index (χ2n) is 4.31. The lowest BCUT2D eigenvalue weighted by atomic mass is 10.0. The van der Waals surface area contributed by atoms with Gasteiger partial charge >= 0.3 is 0 Å². The molecule has 0 aromatic heterocycles. The first-order chi connectivity index (χ1) is 6.30. The van der Waals surface area contributed by atoms with Gasteiger partial charge in [-0.2, -0.15) is 0 Å². The lowest BCUT2D eigenvalue weighted by Crippen LogP contribution is -2.32. The molecule has 13 heavy (non-hydrogen) atoms. The second kappa shape index (κ2) is 6.39. The smallest absolute Gasteiger partial charge is 0.0569 e. The van der Waals surface area contributed by atoms with Crippen molar-refractivity contribution in [2.75, 3.05) is 13.6 Å². The molecule has 2 N–H and O–H groups in total. The molecule has 1 aliphatic carbocycles. The number of rotatable bonds is 0. The van der Waals surface area contributed by atoms with Crippen LogP contribution in [0.3, 0.4) is 0 Å². The van der Waals surface area contributed by atoms with E-state index in [1.165, 1.54) is 57.9 Å². The quantitative estimate of drug-likeness (QED) is 0.626. The van der Waals surface area contributed by atoms with E-state index in [0.29, 0.717) is 6.17 Å². The highest BCUT2D eigenvalue weighted by Crippen LogP contribution is 2.15. The van der Waals surface area contributed by atoms with Gasteiger partial charge in [-0.3, -0.25) is 4.90 Å². The molecule has 0 amide bonds. The SMILES string of the molecule is C1CCCCC1.CN1CCCC1N. The Balaban J connectivity index is 0.000000132. The van der Waals surface area contributed by atoms with Crippen molar-refractivity contribution in [1.29, 1.82) is 0 Å². The average Bonchev–Trinajstić information content (AvgIpc) is 2.55. The van der Waals surface area contributed by atoms with Gasteiger partial charge in [-0.05, 0) is 26.4 Å². The summed E-state index contributed by atoms with van der Waals surface area (Å²) in [7, 11) is 2.07. The molecule has 2 heteroatoms. The topological polar surface area (TPSA) is 29.3 Å². The largest absolute Gasteiger partial charge is 0.316 e. The summed E-state index contributed by atoms with van der Waals surface area (Å²) in [5.74, 6) is 0. The van der Waals surface area contributed by atoms with E-state index in [-0.39, 0.29) is 0 Å². The van der Waals surface area contributed by atoms with Crippen LogP contribution in [0.4, 0.5) is 0 Å². The first-order valence-electron chi connectivity index (χ1n) is 5.76. The Morgan fingerprint density at radius 1 is 0.923 bits per heavy atom. The highest BCUT2D eigenvalue weighted by Gasteiger charge is 2.14. The Morgan fingerprint density at radius 3 is 1.54 bits per heavy atom. The number of likely N-dealkylation sites (tertiary alicyclic amines) is 1. The fraction of sp³-hybridized carbons (Fsp3) is 1.00. The zero-order valence-electron chi connectivity index (χ0n) is 8.97. The Hall–Kier alpha value is -0.0800. The molecule has 1 heterocycles. The van der Waals surface area contributed by atoms with Crippen LogP contribution in [0.2, 0.25) is 0 Å². The monoisotopic (exact) mass is 184 g/mol. The molecule has 2 rings (SSSR count). The molecule has 0 aromatic carbocycles. The van der Waals surface area contributed by atoms with Crippen LogP contribution in [0.5, 0.6) is 0 Å². The number of hydrogen-bond donors (Lipinski definition) is 1. The molecule has 2 fully saturated rings. The molecule has 0 spiro atoms. The van der Waals surface area contributed by atoms with Crippen LogP contribution in [0, 0.1) is 0 Å². The lowest BCUT2D eigenvalue weighted by Gasteiger charge is -2.12. The Morgan fingerprint density at radius 2 is 1.38 bits per heavy atom. The van der Waals surface area contributed by atoms with Gasteiger partial charge < -0.3 is 5.73 Å². The molecular weight excluding hydrogens is 160 g/mol. The molecule has 78 valence electrons. The van der Waals surface area contributed by atoms with E-state index in [4.69, 9.17) is 5.73 Å². The van der Waals surface area contributed by atoms with Gasteiger partial charge in [-0.25, -0.2) is 0 Å². The van der Waals surface area contributed by atoms with Crippen LogP contribution in [0.15, 0.2) is 0 Å². The summed E-state index contributed by atoms with van der Waals surface area (Å²) in [4.78, 5) is 2.18. The number of nitrogens with zero attached hydrogens (tertiary/aromatic N) is 1. The lowest BCUT2D eigenvalue weighted by molar-refractivity contribution is 0.318. The van der Waals surface area contributed by atoms with Crippen molar-refractivity contribution in [3.63, 3.8) is 0 Å². The summed E-state index contributed by atoms with van der Waals surface area (Å²) in [6.07, 6.45) is 11.8. The van der Waals surface area contributed by atoms with Crippen LogP contribution in [0.1, 0.15) is 51.4 Å². The predicted molar refractivity (Wildman–Crippen MR) is 57.5 cm³/mol. The fourth-order valence-corrected chi connectivity index (χ4v) is 2.00. The van der Waals surface area contributed by atoms with E-state index in [1.807, 2.05) is 0 Å². The Bertz CT molecular complexity index is 102. The van der Waals surface area contributed by atoms with E-state index in [9.17, 15) is 0 Å². The molecule has 0 bridgehead atoms. The van der Waals surface area contributed by atoms with E-state index in [0.717, 1.165) is 0 Å². The third kappa shape index (κ3) is 4.63. The zero-order chi connectivity index (χ0) is 9.52. The molecule has 1 atom stereocenters. The first kappa shape index (κ1) is 11.0. The van der Waals surface area contributed by atoms with Crippen molar-refractivity contribution in [2.45, 2.75) is 57.5 Å². The Kier molecular flexibility index (Phi) is 5.40. The average molecular weight is 184 g/mol. The maximum Gasteiger partial charge on any atom is 0.0569 e. The molecular formula is C11H24N2. The summed E-state index contributed by atoms with van der Waals surface area (Å²) in [5, 5.41) is 0. The maximum atomic E-state index is 5.60. The summed E-state index contributed by atoms with van der Waals surface area (Å²) in [5.41, 5.74) is 5.60. The molecule has 0 radical (unpaired) electrons. The van der Waals surface area contributed by atoms with Crippen molar-refractivity contribution in [1.82, 2.24) is 4.90 Å². The normalized spacial score (nSPS) is 29.5. The molecule has 2 aliphatic rings. The minimum Gasteiger partial charge on any atom is -0.316 e. The van der Waals surface area contributed by atoms with Crippen LogP contribution < -0.4 is 5.73 Å². The van der Waals surface area contributed by atoms with Crippen LogP contribution in [0.25, 0.3) is 0 Å². The Labute approximate surface area is 82.5 Å². The van der Waals surface area contributed by atoms with Gasteiger partial charge in [0.15, 0.2) is 0 Å². The van der Waals surface area contributed by atoms with Crippen LogP contribution >= 0.6 is 0 Å². The van der Waals surface area contributed by atoms with E-state index in [1.54, 1.807) is 0 Å². The maximum absolute atomic E-state index is 5.60. The van der Waals surface area contributed by atoms with E-state index < -0.39 is 0 Å². The molecule has 0 aromatic rings. The van der Waals surface area contributed by atoms with E-state index >= 15 is 0 Å². The summed E-state index contributed by atoms with van der Waals surface area (Å²) in [6.45, 7) is 1.18. The standard InChI is InChI=1S/C6H12.C5H12N2/c1-2-4-6-5-3-1;1-7-4-2-3-5(7)6/h1-6H2;5H,2-4,6H2,1H3. The highest BCUT2D eigenvalue weighted by molar-refractivity contribution is 4.69. The van der Waals surface area contributed by atoms with E-state index in [2.05, 4.69) is 11.9 Å². The van der Waals surface area contributed by atoms with Crippen molar-refractivity contribution in [3.8, 4) is 0 Å². The van der Waals surface area contributed by atoms with Gasteiger partial charge in [0.05, 0.1) is 6.17 Å². The minimum atomic E-state index is 0.347. The predicted octanol–water partition coefficient (Wildman–Crippen LogP) is 2.34. The molecule has 1 saturated carbocycles. The summed E-state index contributed by atoms with van der Waals surface area (Å²) in [6, 6.07) is 0. The first-order valence-corrected chi connectivity index (χ1v) is 5.76. The summed E-state index contributed by atoms with van der Waals surface area (Å²) >= 11 is 0. The van der Waals surface area contributed by atoms with Gasteiger partial charge in [0.1, 0.15) is 0 Å². The third-order valence-corrected chi connectivity index (χ3v) is 3.08. The van der Waals surface area contributed by atoms with Gasteiger partial charge in [0.25, 0.3) is 0 Å². The van der Waals surface area contributed by atoms with Gasteiger partial charge in [0, 0.05) is 0 Å². The van der Waals surface area contributed by atoms with Gasteiger partial charge in [0.2, 0.25) is 0 Å². The van der Waals surface area contributed by atoms with Gasteiger partial charge in [-0.1, -0.05) is 38.5 Å². The number of hydrogen-bond acceptors (Lipinski definition) is 2. The third-order valence-electron chi connectivity index (χ3n) is 3.08. The molecule has 1 saturated heterocycles. The fourth-order valence-electron chi connectivity index (χ4n) is 2.00. The van der Waals surface area contributed by atoms with Crippen molar-refractivity contribution < 1.29 is 0 Å². The molecule has 1 unspecified atom stereocenters. The van der Waals surface area contributed by atoms with Crippen LogP contribution in [-0.2, 0) is 0 Å². The molecule has 2 nitrogen and oxygen atoms in total. The van der Waals surface area contributed by atoms with Gasteiger partial charge in [-0.15, -0.1) is 0 Å². The van der Waals surface area contributed by atoms with Crippen molar-refractivity contribution in [3.05, 3.63) is 0 Å². The summed E-state index contributed by atoms with van der Waals surface area (Å²) < 4.78 is 0. The van der Waals surface area contributed by atoms with Crippen LogP contribution in [-0.4, -0.2) is 24.7 Å².